The Morgan fingerprint density at radius 1 is 1.50 bits per heavy atom. The number of halogens is 2. The number of aliphatic hydroxyl groups is 1. The van der Waals surface area contributed by atoms with E-state index in [9.17, 15) is 14.3 Å². The molecule has 1 saturated heterocycles. The summed E-state index contributed by atoms with van der Waals surface area (Å²) in [7, 11) is 0. The number of carbonyl (C=O) groups excluding carboxylic acids is 1. The van der Waals surface area contributed by atoms with Crippen LogP contribution in [0.4, 0.5) is 4.39 Å². The lowest BCUT2D eigenvalue weighted by atomic mass is 10.0. The molecular formula is C14H17ClFNO3. The fraction of sp³-hybridized carbons (Fsp3) is 0.500. The summed E-state index contributed by atoms with van der Waals surface area (Å²) in [6.45, 7) is 0.426. The molecule has 1 heterocycles. The average molecular weight is 302 g/mol. The zero-order valence-electron chi connectivity index (χ0n) is 11.0. The van der Waals surface area contributed by atoms with Crippen molar-refractivity contribution in [1.82, 2.24) is 4.90 Å². The summed E-state index contributed by atoms with van der Waals surface area (Å²) < 4.78 is 18.2. The number of rotatable bonds is 4. The van der Waals surface area contributed by atoms with Gasteiger partial charge in [0.1, 0.15) is 11.6 Å². The summed E-state index contributed by atoms with van der Waals surface area (Å²) >= 11 is 5.82. The van der Waals surface area contributed by atoms with Crippen LogP contribution in [-0.2, 0) is 4.79 Å². The van der Waals surface area contributed by atoms with Crippen LogP contribution in [0.1, 0.15) is 19.3 Å². The Balaban J connectivity index is 1.94. The molecule has 0 radical (unpaired) electrons. The number of piperidine rings is 1. The van der Waals surface area contributed by atoms with E-state index in [4.69, 9.17) is 16.3 Å². The van der Waals surface area contributed by atoms with Crippen molar-refractivity contribution in [3.05, 3.63) is 29.0 Å². The Hall–Kier alpha value is -1.33. The predicted molar refractivity (Wildman–Crippen MR) is 73.3 cm³/mol. The van der Waals surface area contributed by atoms with E-state index < -0.39 is 5.82 Å². The first-order chi connectivity index (χ1) is 9.61. The first-order valence-corrected chi connectivity index (χ1v) is 6.98. The van der Waals surface area contributed by atoms with Crippen LogP contribution in [0, 0.1) is 5.82 Å². The highest BCUT2D eigenvalue weighted by Gasteiger charge is 2.26. The number of carbonyl (C=O) groups is 1. The zero-order chi connectivity index (χ0) is 14.5. The molecule has 6 heteroatoms. The topological polar surface area (TPSA) is 49.8 Å². The van der Waals surface area contributed by atoms with Crippen LogP contribution in [-0.4, -0.2) is 41.7 Å². The Morgan fingerprint density at radius 2 is 2.30 bits per heavy atom. The minimum Gasteiger partial charge on any atom is -0.482 e. The number of hydrogen-bond donors (Lipinski definition) is 1. The minimum absolute atomic E-state index is 0.0386. The van der Waals surface area contributed by atoms with Crippen LogP contribution < -0.4 is 4.74 Å². The molecule has 1 fully saturated rings. The fourth-order valence-electron chi connectivity index (χ4n) is 2.33. The molecule has 1 aromatic rings. The molecule has 0 aliphatic carbocycles. The maximum Gasteiger partial charge on any atom is 0.260 e. The third-order valence-corrected chi connectivity index (χ3v) is 3.70. The average Bonchev–Trinajstić information content (AvgIpc) is 2.46. The van der Waals surface area contributed by atoms with Crippen molar-refractivity contribution >= 4 is 17.5 Å². The number of aliphatic hydroxyl groups excluding tert-OH is 1. The van der Waals surface area contributed by atoms with Crippen molar-refractivity contribution in [2.75, 3.05) is 19.8 Å². The van der Waals surface area contributed by atoms with Crippen LogP contribution in [0.3, 0.4) is 0 Å². The lowest BCUT2D eigenvalue weighted by Crippen LogP contribution is -2.47. The molecule has 1 amide bonds. The number of ether oxygens (including phenoxy) is 1. The molecule has 0 aromatic heterocycles. The van der Waals surface area contributed by atoms with Gasteiger partial charge in [-0.2, -0.15) is 0 Å². The largest absolute Gasteiger partial charge is 0.482 e. The van der Waals surface area contributed by atoms with Crippen LogP contribution in [0.2, 0.25) is 5.02 Å². The second-order valence-electron chi connectivity index (χ2n) is 4.78. The van der Waals surface area contributed by atoms with Gasteiger partial charge in [-0.25, -0.2) is 4.39 Å². The van der Waals surface area contributed by atoms with Gasteiger partial charge in [0, 0.05) is 6.54 Å². The Bertz CT molecular complexity index is 483. The fourth-order valence-corrected chi connectivity index (χ4v) is 2.56. The molecule has 110 valence electrons. The summed E-state index contributed by atoms with van der Waals surface area (Å²) in [5.74, 6) is -0.367. The Morgan fingerprint density at radius 3 is 3.00 bits per heavy atom. The molecule has 1 atom stereocenters. The van der Waals surface area contributed by atoms with Crippen LogP contribution >= 0.6 is 11.6 Å². The maximum absolute atomic E-state index is 12.9. The smallest absolute Gasteiger partial charge is 0.260 e. The second kappa shape index (κ2) is 6.90. The summed E-state index contributed by atoms with van der Waals surface area (Å²) in [5.41, 5.74) is 0. The van der Waals surface area contributed by atoms with Crippen molar-refractivity contribution in [2.45, 2.75) is 25.3 Å². The van der Waals surface area contributed by atoms with Crippen molar-refractivity contribution < 1.29 is 19.0 Å². The van der Waals surface area contributed by atoms with Gasteiger partial charge in [-0.15, -0.1) is 0 Å². The summed E-state index contributed by atoms with van der Waals surface area (Å²) in [6, 6.07) is 3.62. The molecule has 1 unspecified atom stereocenters. The van der Waals surface area contributed by atoms with E-state index in [1.165, 1.54) is 12.1 Å². The van der Waals surface area contributed by atoms with E-state index in [0.717, 1.165) is 25.3 Å². The minimum atomic E-state index is -0.454. The molecule has 1 aliphatic rings. The molecule has 0 saturated carbocycles. The van der Waals surface area contributed by atoms with Gasteiger partial charge >= 0.3 is 0 Å². The summed E-state index contributed by atoms with van der Waals surface area (Å²) in [4.78, 5) is 13.7. The normalized spacial score (nSPS) is 18.9. The standard InChI is InChI=1S/C14H17ClFNO3/c15-12-7-10(16)4-5-13(12)20-9-14(19)17-6-2-1-3-11(17)8-18/h4-5,7,11,18H,1-3,6,8-9H2. The van der Waals surface area contributed by atoms with E-state index in [0.29, 0.717) is 6.54 Å². The zero-order valence-corrected chi connectivity index (χ0v) is 11.8. The quantitative estimate of drug-likeness (QED) is 0.928. The lowest BCUT2D eigenvalue weighted by molar-refractivity contribution is -0.138. The summed E-state index contributed by atoms with van der Waals surface area (Å²) in [5, 5.41) is 9.41. The van der Waals surface area contributed by atoms with Crippen LogP contribution in [0.5, 0.6) is 5.75 Å². The van der Waals surface area contributed by atoms with Crippen LogP contribution in [0.15, 0.2) is 18.2 Å². The molecule has 20 heavy (non-hydrogen) atoms. The highest BCUT2D eigenvalue weighted by atomic mass is 35.5. The monoisotopic (exact) mass is 301 g/mol. The number of nitrogens with zero attached hydrogens (tertiary/aromatic N) is 1. The SMILES string of the molecule is O=C(COc1ccc(F)cc1Cl)N1CCCCC1CO. The van der Waals surface area contributed by atoms with Crippen LogP contribution in [0.25, 0.3) is 0 Å². The number of benzene rings is 1. The predicted octanol–water partition coefficient (Wildman–Crippen LogP) is 2.23. The maximum atomic E-state index is 12.9. The van der Waals surface area contributed by atoms with Gasteiger partial charge in [-0.05, 0) is 37.5 Å². The second-order valence-corrected chi connectivity index (χ2v) is 5.19. The molecule has 4 nitrogen and oxygen atoms in total. The first kappa shape index (κ1) is 15.1. The third-order valence-electron chi connectivity index (χ3n) is 3.40. The first-order valence-electron chi connectivity index (χ1n) is 6.60. The molecule has 2 rings (SSSR count). The molecule has 1 N–H and O–H groups in total. The number of hydrogen-bond acceptors (Lipinski definition) is 3. The van der Waals surface area contributed by atoms with E-state index in [1.54, 1.807) is 4.90 Å². The van der Waals surface area contributed by atoms with Crippen molar-refractivity contribution in [3.63, 3.8) is 0 Å². The van der Waals surface area contributed by atoms with Gasteiger partial charge in [-0.1, -0.05) is 11.6 Å². The van der Waals surface area contributed by atoms with E-state index in [2.05, 4.69) is 0 Å². The molecule has 1 aliphatic heterocycles. The van der Waals surface area contributed by atoms with Gasteiger partial charge in [0.15, 0.2) is 6.61 Å². The lowest BCUT2D eigenvalue weighted by Gasteiger charge is -2.34. The number of likely N-dealkylation sites (tertiary alicyclic amines) is 1. The Labute approximate surface area is 122 Å². The van der Waals surface area contributed by atoms with E-state index >= 15 is 0 Å². The van der Waals surface area contributed by atoms with Crippen molar-refractivity contribution in [3.8, 4) is 5.75 Å². The molecule has 0 bridgehead atoms. The molecular weight excluding hydrogens is 285 g/mol. The molecule has 1 aromatic carbocycles. The van der Waals surface area contributed by atoms with Gasteiger partial charge in [0.05, 0.1) is 17.7 Å². The van der Waals surface area contributed by atoms with Gasteiger partial charge < -0.3 is 14.7 Å². The van der Waals surface area contributed by atoms with E-state index in [-0.39, 0.29) is 35.9 Å². The third kappa shape index (κ3) is 3.61. The van der Waals surface area contributed by atoms with Crippen molar-refractivity contribution in [1.29, 1.82) is 0 Å². The Kier molecular flexibility index (Phi) is 5.20. The van der Waals surface area contributed by atoms with E-state index in [1.807, 2.05) is 0 Å². The highest BCUT2D eigenvalue weighted by Crippen LogP contribution is 2.25. The van der Waals surface area contributed by atoms with Crippen molar-refractivity contribution in [2.24, 2.45) is 0 Å². The molecule has 0 spiro atoms. The van der Waals surface area contributed by atoms with Gasteiger partial charge in [-0.3, -0.25) is 4.79 Å². The summed E-state index contributed by atoms with van der Waals surface area (Å²) in [6.07, 6.45) is 2.75. The van der Waals surface area contributed by atoms with Gasteiger partial charge in [0.25, 0.3) is 5.91 Å². The highest BCUT2D eigenvalue weighted by molar-refractivity contribution is 6.32. The number of amides is 1. The van der Waals surface area contributed by atoms with Gasteiger partial charge in [0.2, 0.25) is 0 Å².